The lowest BCUT2D eigenvalue weighted by Crippen LogP contribution is -2.11. The number of nitrogen functional groups attached to an aromatic ring is 1. The minimum absolute atomic E-state index is 0.00834. The van der Waals surface area contributed by atoms with Crippen LogP contribution in [0.1, 0.15) is 36.5 Å². The van der Waals surface area contributed by atoms with E-state index in [0.717, 1.165) is 11.1 Å². The van der Waals surface area contributed by atoms with Crippen LogP contribution in [0, 0.1) is 0 Å². The van der Waals surface area contributed by atoms with Gasteiger partial charge in [-0.05, 0) is 29.2 Å². The number of nitrogens with zero attached hydrogens (tertiary/aromatic N) is 2. The number of hydrogen-bond acceptors (Lipinski definition) is 7. The molecule has 25 heavy (non-hydrogen) atoms. The van der Waals surface area contributed by atoms with E-state index < -0.39 is 0 Å². The van der Waals surface area contributed by atoms with Gasteiger partial charge < -0.3 is 25.6 Å². The molecular weight excluding hydrogens is 320 g/mol. The molecular formula is C18H26N4O3. The van der Waals surface area contributed by atoms with Crippen LogP contribution in [0.25, 0.3) is 0 Å². The molecule has 1 heterocycles. The molecule has 4 N–H and O–H groups in total. The second-order valence-corrected chi connectivity index (χ2v) is 5.99. The van der Waals surface area contributed by atoms with Crippen LogP contribution in [0.2, 0.25) is 0 Å². The van der Waals surface area contributed by atoms with Crippen LogP contribution < -0.4 is 20.5 Å². The number of hydrogen-bond donors (Lipinski definition) is 3. The molecule has 0 atom stereocenters. The maximum atomic E-state index is 8.85. The van der Waals surface area contributed by atoms with E-state index in [1.54, 1.807) is 20.4 Å². The van der Waals surface area contributed by atoms with Crippen molar-refractivity contribution in [3.05, 3.63) is 35.0 Å². The maximum Gasteiger partial charge on any atom is 0.224 e. The van der Waals surface area contributed by atoms with E-state index >= 15 is 0 Å². The zero-order valence-electron chi connectivity index (χ0n) is 15.2. The van der Waals surface area contributed by atoms with E-state index in [0.29, 0.717) is 42.1 Å². The standard InChI is InChI=1S/C18H26N4O3/c1-11(2)14-9-16(25-4)15(24-3)8-12(14)7-13-10-21-18(20-5-6-23)22-17(13)19/h8-11,23H,5-7H2,1-4H3,(H3,19,20,21,22). The summed E-state index contributed by atoms with van der Waals surface area (Å²) in [5.41, 5.74) is 9.18. The van der Waals surface area contributed by atoms with E-state index in [2.05, 4.69) is 29.1 Å². The van der Waals surface area contributed by atoms with Crippen molar-refractivity contribution in [2.75, 3.05) is 38.4 Å². The van der Waals surface area contributed by atoms with Crippen molar-refractivity contribution in [2.45, 2.75) is 26.2 Å². The minimum atomic E-state index is 0.00834. The van der Waals surface area contributed by atoms with Crippen molar-refractivity contribution >= 4 is 11.8 Å². The third kappa shape index (κ3) is 4.51. The SMILES string of the molecule is COc1cc(Cc2cnc(NCCO)nc2N)c(C(C)C)cc1OC. The molecule has 0 amide bonds. The molecule has 2 aromatic rings. The van der Waals surface area contributed by atoms with Crippen LogP contribution in [-0.2, 0) is 6.42 Å². The smallest absolute Gasteiger partial charge is 0.224 e. The van der Waals surface area contributed by atoms with Crippen molar-refractivity contribution < 1.29 is 14.6 Å². The summed E-state index contributed by atoms with van der Waals surface area (Å²) in [6, 6.07) is 3.98. The van der Waals surface area contributed by atoms with Gasteiger partial charge in [-0.3, -0.25) is 0 Å². The highest BCUT2D eigenvalue weighted by atomic mass is 16.5. The van der Waals surface area contributed by atoms with E-state index in [1.807, 2.05) is 12.1 Å². The third-order valence-electron chi connectivity index (χ3n) is 3.94. The Bertz CT molecular complexity index is 720. The molecule has 1 aromatic carbocycles. The second-order valence-electron chi connectivity index (χ2n) is 5.99. The number of rotatable bonds is 8. The number of aliphatic hydroxyl groups excluding tert-OH is 1. The lowest BCUT2D eigenvalue weighted by molar-refractivity contribution is 0.311. The first-order chi connectivity index (χ1) is 12.0. The molecule has 1 aromatic heterocycles. The lowest BCUT2D eigenvalue weighted by Gasteiger charge is -2.18. The molecule has 0 aliphatic heterocycles. The van der Waals surface area contributed by atoms with E-state index in [9.17, 15) is 0 Å². The summed E-state index contributed by atoms with van der Waals surface area (Å²) in [7, 11) is 3.25. The molecule has 0 bridgehead atoms. The molecule has 0 aliphatic rings. The van der Waals surface area contributed by atoms with Gasteiger partial charge in [0.2, 0.25) is 5.95 Å². The molecule has 136 valence electrons. The molecule has 0 saturated heterocycles. The molecule has 0 radical (unpaired) electrons. The first kappa shape index (κ1) is 18.8. The molecule has 0 saturated carbocycles. The van der Waals surface area contributed by atoms with Gasteiger partial charge in [-0.2, -0.15) is 4.98 Å². The predicted octanol–water partition coefficient (Wildman–Crippen LogP) is 2.19. The number of nitrogens with one attached hydrogen (secondary N) is 1. The average molecular weight is 346 g/mol. The number of benzene rings is 1. The van der Waals surface area contributed by atoms with Gasteiger partial charge in [0.05, 0.1) is 20.8 Å². The predicted molar refractivity (Wildman–Crippen MR) is 98.5 cm³/mol. The fraction of sp³-hybridized carbons (Fsp3) is 0.444. The van der Waals surface area contributed by atoms with Gasteiger partial charge in [-0.25, -0.2) is 4.98 Å². The minimum Gasteiger partial charge on any atom is -0.493 e. The van der Waals surface area contributed by atoms with Gasteiger partial charge in [0.15, 0.2) is 11.5 Å². The van der Waals surface area contributed by atoms with Crippen molar-refractivity contribution in [1.82, 2.24) is 9.97 Å². The summed E-state index contributed by atoms with van der Waals surface area (Å²) in [6.07, 6.45) is 2.31. The fourth-order valence-electron chi connectivity index (χ4n) is 2.64. The zero-order valence-corrected chi connectivity index (χ0v) is 15.2. The Labute approximate surface area is 148 Å². The lowest BCUT2D eigenvalue weighted by atomic mass is 9.92. The van der Waals surface area contributed by atoms with Crippen LogP contribution in [-0.4, -0.2) is 42.4 Å². The first-order valence-corrected chi connectivity index (χ1v) is 8.21. The molecule has 0 fully saturated rings. The van der Waals surface area contributed by atoms with Crippen LogP contribution in [0.15, 0.2) is 18.3 Å². The molecule has 0 aliphatic carbocycles. The molecule has 7 nitrogen and oxygen atoms in total. The van der Waals surface area contributed by atoms with E-state index in [1.165, 1.54) is 5.56 Å². The third-order valence-corrected chi connectivity index (χ3v) is 3.94. The van der Waals surface area contributed by atoms with Gasteiger partial charge in [0.25, 0.3) is 0 Å². The average Bonchev–Trinajstić information content (AvgIpc) is 2.61. The Morgan fingerprint density at radius 3 is 2.40 bits per heavy atom. The quantitative estimate of drug-likeness (QED) is 0.673. The number of aliphatic hydroxyl groups is 1. The van der Waals surface area contributed by atoms with E-state index in [-0.39, 0.29) is 6.61 Å². The Balaban J connectivity index is 2.35. The van der Waals surface area contributed by atoms with Gasteiger partial charge in [0.1, 0.15) is 5.82 Å². The van der Waals surface area contributed by atoms with Gasteiger partial charge in [0, 0.05) is 24.7 Å². The fourth-order valence-corrected chi connectivity index (χ4v) is 2.64. The van der Waals surface area contributed by atoms with Crippen molar-refractivity contribution in [3.63, 3.8) is 0 Å². The Hall–Kier alpha value is -2.54. The molecule has 2 rings (SSSR count). The highest BCUT2D eigenvalue weighted by molar-refractivity contribution is 5.52. The van der Waals surface area contributed by atoms with Crippen LogP contribution in [0.3, 0.4) is 0 Å². The Morgan fingerprint density at radius 1 is 1.16 bits per heavy atom. The summed E-state index contributed by atoms with van der Waals surface area (Å²) in [5.74, 6) is 2.54. The summed E-state index contributed by atoms with van der Waals surface area (Å²) >= 11 is 0. The molecule has 0 spiro atoms. The normalized spacial score (nSPS) is 10.8. The highest BCUT2D eigenvalue weighted by Crippen LogP contribution is 2.35. The largest absolute Gasteiger partial charge is 0.493 e. The monoisotopic (exact) mass is 346 g/mol. The molecule has 0 unspecified atom stereocenters. The summed E-state index contributed by atoms with van der Waals surface area (Å²) in [4.78, 5) is 8.50. The van der Waals surface area contributed by atoms with Gasteiger partial charge in [-0.15, -0.1) is 0 Å². The van der Waals surface area contributed by atoms with Gasteiger partial charge in [-0.1, -0.05) is 13.8 Å². The summed E-state index contributed by atoms with van der Waals surface area (Å²) in [6.45, 7) is 4.65. The van der Waals surface area contributed by atoms with Crippen molar-refractivity contribution in [3.8, 4) is 11.5 Å². The maximum absolute atomic E-state index is 8.85. The topological polar surface area (TPSA) is 103 Å². The van der Waals surface area contributed by atoms with Gasteiger partial charge >= 0.3 is 0 Å². The Morgan fingerprint density at radius 2 is 1.84 bits per heavy atom. The van der Waals surface area contributed by atoms with Crippen LogP contribution >= 0.6 is 0 Å². The van der Waals surface area contributed by atoms with Crippen LogP contribution in [0.5, 0.6) is 11.5 Å². The first-order valence-electron chi connectivity index (χ1n) is 8.21. The molecule has 7 heteroatoms. The zero-order chi connectivity index (χ0) is 18.4. The number of nitrogens with two attached hydrogens (primary N) is 1. The van der Waals surface area contributed by atoms with Crippen molar-refractivity contribution in [2.24, 2.45) is 0 Å². The number of anilines is 2. The Kier molecular flexibility index (Phi) is 6.41. The number of aromatic nitrogens is 2. The summed E-state index contributed by atoms with van der Waals surface area (Å²) < 4.78 is 10.8. The second kappa shape index (κ2) is 8.53. The van der Waals surface area contributed by atoms with Crippen LogP contribution in [0.4, 0.5) is 11.8 Å². The number of methoxy groups -OCH3 is 2. The summed E-state index contributed by atoms with van der Waals surface area (Å²) in [5, 5.41) is 11.7. The van der Waals surface area contributed by atoms with E-state index in [4.69, 9.17) is 20.3 Å². The number of ether oxygens (including phenoxy) is 2. The van der Waals surface area contributed by atoms with Crippen molar-refractivity contribution in [1.29, 1.82) is 0 Å². The highest BCUT2D eigenvalue weighted by Gasteiger charge is 2.15.